The van der Waals surface area contributed by atoms with Gasteiger partial charge in [-0.3, -0.25) is 4.90 Å². The van der Waals surface area contributed by atoms with E-state index in [9.17, 15) is 10.2 Å². The summed E-state index contributed by atoms with van der Waals surface area (Å²) in [5.41, 5.74) is 2.25. The van der Waals surface area contributed by atoms with Gasteiger partial charge in [-0.15, -0.1) is 0 Å². The fraction of sp³-hybridized carbons (Fsp3) is 0.455. The second kappa shape index (κ2) is 10.2. The van der Waals surface area contributed by atoms with Crippen molar-refractivity contribution in [2.45, 2.75) is 93.2 Å². The molecule has 11 rings (SSSR count). The van der Waals surface area contributed by atoms with Crippen LogP contribution in [-0.2, 0) is 17.4 Å². The van der Waals surface area contributed by atoms with Gasteiger partial charge in [0.15, 0.2) is 17.1 Å². The number of ether oxygens (including phenoxy) is 2. The van der Waals surface area contributed by atoms with Gasteiger partial charge < -0.3 is 19.7 Å². The Morgan fingerprint density at radius 3 is 2.00 bits per heavy atom. The number of piperidine rings is 1. The molecule has 4 aromatic rings. The number of nitrogens with zero attached hydrogens (tertiary/aromatic N) is 1. The summed E-state index contributed by atoms with van der Waals surface area (Å²) in [7, 11) is 0. The molecule has 0 radical (unpaired) electrons. The van der Waals surface area contributed by atoms with Gasteiger partial charge >= 0.3 is 0 Å². The van der Waals surface area contributed by atoms with Crippen LogP contribution in [0.1, 0.15) is 80.2 Å². The average Bonchev–Trinajstić information content (AvgIpc) is 3.86. The maximum Gasteiger partial charge on any atom is 0.184 e. The second-order valence-electron chi connectivity index (χ2n) is 16.7. The van der Waals surface area contributed by atoms with E-state index in [1.807, 2.05) is 13.8 Å². The number of fused-ring (bicyclic) bond motifs is 2. The Hall–Kier alpha value is -3.64. The van der Waals surface area contributed by atoms with Gasteiger partial charge in [0.05, 0.1) is 5.60 Å². The molecule has 4 saturated carbocycles. The highest BCUT2D eigenvalue weighted by Gasteiger charge is 2.81. The van der Waals surface area contributed by atoms with E-state index in [4.69, 9.17) is 9.47 Å². The zero-order chi connectivity index (χ0) is 33.2. The summed E-state index contributed by atoms with van der Waals surface area (Å²) >= 11 is 0. The summed E-state index contributed by atoms with van der Waals surface area (Å²) in [5, 5.41) is 24.6. The second-order valence-corrected chi connectivity index (χ2v) is 16.7. The minimum Gasteiger partial charge on any atom is -0.482 e. The van der Waals surface area contributed by atoms with Crippen LogP contribution in [0.4, 0.5) is 0 Å². The minimum atomic E-state index is -1.14. The van der Waals surface area contributed by atoms with Crippen LogP contribution in [-0.4, -0.2) is 51.6 Å². The van der Waals surface area contributed by atoms with Crippen LogP contribution in [0.15, 0.2) is 103 Å². The molecule has 4 aromatic carbocycles. The fourth-order valence-corrected chi connectivity index (χ4v) is 11.8. The molecule has 5 heteroatoms. The molecule has 1 saturated heterocycles. The van der Waals surface area contributed by atoms with Crippen molar-refractivity contribution in [2.75, 3.05) is 13.1 Å². The first-order valence-corrected chi connectivity index (χ1v) is 18.6. The molecule has 2 heterocycles. The lowest BCUT2D eigenvalue weighted by molar-refractivity contribution is -0.292. The lowest BCUT2D eigenvalue weighted by atomic mass is 9.34. The third-order valence-corrected chi connectivity index (χ3v) is 14.0. The van der Waals surface area contributed by atoms with E-state index in [2.05, 4.69) is 108 Å². The molecule has 0 unspecified atom stereocenters. The van der Waals surface area contributed by atoms with Crippen molar-refractivity contribution in [3.63, 3.8) is 0 Å². The third kappa shape index (κ3) is 3.93. The highest BCUT2D eigenvalue weighted by molar-refractivity contribution is 5.65. The van der Waals surface area contributed by atoms with Crippen molar-refractivity contribution in [3.8, 4) is 11.5 Å². The Balaban J connectivity index is 1.19. The minimum absolute atomic E-state index is 0.0772. The Kier molecular flexibility index (Phi) is 6.30. The number of aliphatic hydroxyl groups is 2. The number of hydrogen-bond acceptors (Lipinski definition) is 5. The summed E-state index contributed by atoms with van der Waals surface area (Å²) in [4.78, 5) is 2.81. The standard InChI is InChI=1S/C44H47NO4/c1-40(2,46)35-27-41-22-23-43(35,47)39-42(41)24-25-45(28-29-18-19-29)36(41)26-30-20-21-34(38(48-39)37(30)42)49-44(31-12-6-3-7-13-31,32-14-8-4-9-15-32)33-16-10-5-11-17-33/h3-17,20-21,29,35-36,39,46-47H,18-19,22-28H2,1-2H3/t35-,36-,39-,41-,42+,43-/m1/s1. The van der Waals surface area contributed by atoms with Crippen molar-refractivity contribution in [1.29, 1.82) is 0 Å². The van der Waals surface area contributed by atoms with Crippen LogP contribution in [0, 0.1) is 17.3 Å². The summed E-state index contributed by atoms with van der Waals surface area (Å²) in [6.45, 7) is 5.99. The molecule has 5 aliphatic carbocycles. The van der Waals surface area contributed by atoms with Crippen LogP contribution >= 0.6 is 0 Å². The Bertz CT molecular complexity index is 1810. The molecule has 2 N–H and O–H groups in total. The van der Waals surface area contributed by atoms with E-state index >= 15 is 0 Å². The molecule has 2 spiro atoms. The van der Waals surface area contributed by atoms with Crippen molar-refractivity contribution < 1.29 is 19.7 Å². The Morgan fingerprint density at radius 1 is 0.816 bits per heavy atom. The fourth-order valence-electron chi connectivity index (χ4n) is 11.8. The number of hydrogen-bond donors (Lipinski definition) is 2. The lowest BCUT2D eigenvalue weighted by Gasteiger charge is -2.74. The van der Waals surface area contributed by atoms with Crippen LogP contribution in [0.25, 0.3) is 0 Å². The number of rotatable bonds is 8. The smallest absolute Gasteiger partial charge is 0.184 e. The first kappa shape index (κ1) is 30.2. The molecule has 0 aromatic heterocycles. The van der Waals surface area contributed by atoms with Gasteiger partial charge in [-0.05, 0) is 82.9 Å². The predicted octanol–water partition coefficient (Wildman–Crippen LogP) is 7.40. The van der Waals surface area contributed by atoms with Gasteiger partial charge in [0.2, 0.25) is 0 Å². The monoisotopic (exact) mass is 653 g/mol. The topological polar surface area (TPSA) is 62.2 Å². The van der Waals surface area contributed by atoms with Crippen LogP contribution in [0.2, 0.25) is 0 Å². The van der Waals surface area contributed by atoms with Gasteiger partial charge in [-0.2, -0.15) is 0 Å². The first-order chi connectivity index (χ1) is 23.7. The van der Waals surface area contributed by atoms with Crippen LogP contribution in [0.5, 0.6) is 11.5 Å². The van der Waals surface area contributed by atoms with E-state index in [1.54, 1.807) is 0 Å². The molecule has 252 valence electrons. The normalized spacial score (nSPS) is 32.8. The van der Waals surface area contributed by atoms with E-state index < -0.39 is 22.9 Å². The van der Waals surface area contributed by atoms with Crippen molar-refractivity contribution in [2.24, 2.45) is 17.3 Å². The lowest BCUT2D eigenvalue weighted by Crippen LogP contribution is -2.82. The van der Waals surface area contributed by atoms with Gasteiger partial charge in [-0.1, -0.05) is 97.1 Å². The zero-order valence-corrected chi connectivity index (χ0v) is 28.6. The zero-order valence-electron chi connectivity index (χ0n) is 28.6. The van der Waals surface area contributed by atoms with E-state index in [0.717, 1.165) is 66.3 Å². The van der Waals surface area contributed by atoms with Crippen molar-refractivity contribution in [1.82, 2.24) is 4.90 Å². The molecular formula is C44H47NO4. The quantitative estimate of drug-likeness (QED) is 0.194. The number of benzene rings is 4. The summed E-state index contributed by atoms with van der Waals surface area (Å²) < 4.78 is 14.9. The highest BCUT2D eigenvalue weighted by atomic mass is 16.6. The largest absolute Gasteiger partial charge is 0.482 e. The SMILES string of the molecule is CC(C)(O)[C@H]1C[C@@]23CC[C@]1(O)[C@@H]1Oc4c(OC(c5ccccc5)(c5ccccc5)c5ccccc5)ccc5c4[C@@]12CCN(CC1CC1)[C@@H]3C5. The van der Waals surface area contributed by atoms with Crippen molar-refractivity contribution >= 4 is 0 Å². The molecular weight excluding hydrogens is 606 g/mol. The van der Waals surface area contributed by atoms with E-state index in [-0.39, 0.29) is 16.7 Å². The van der Waals surface area contributed by atoms with E-state index in [0.29, 0.717) is 12.5 Å². The van der Waals surface area contributed by atoms with Crippen LogP contribution < -0.4 is 9.47 Å². The number of likely N-dealkylation sites (tertiary alicyclic amines) is 1. The molecule has 5 nitrogen and oxygen atoms in total. The molecule has 49 heavy (non-hydrogen) atoms. The van der Waals surface area contributed by atoms with Gasteiger partial charge in [-0.25, -0.2) is 0 Å². The highest BCUT2D eigenvalue weighted by Crippen LogP contribution is 2.77. The predicted molar refractivity (Wildman–Crippen MR) is 190 cm³/mol. The van der Waals surface area contributed by atoms with Gasteiger partial charge in [0, 0.05) is 51.6 Å². The third-order valence-electron chi connectivity index (χ3n) is 14.0. The summed E-state index contributed by atoms with van der Waals surface area (Å²) in [6, 6.07) is 36.4. The maximum absolute atomic E-state index is 12.9. The Morgan fingerprint density at radius 2 is 1.43 bits per heavy atom. The molecule has 2 aliphatic heterocycles. The molecule has 7 aliphatic rings. The van der Waals surface area contributed by atoms with E-state index in [1.165, 1.54) is 30.5 Å². The van der Waals surface area contributed by atoms with Gasteiger partial charge in [0.25, 0.3) is 0 Å². The summed E-state index contributed by atoms with van der Waals surface area (Å²) in [5.74, 6) is 2.07. The molecule has 5 fully saturated rings. The molecule has 6 atom stereocenters. The van der Waals surface area contributed by atoms with Crippen molar-refractivity contribution in [3.05, 3.63) is 131 Å². The maximum atomic E-state index is 12.9. The first-order valence-electron chi connectivity index (χ1n) is 18.6. The average molecular weight is 654 g/mol. The Labute approximate surface area is 289 Å². The molecule has 0 amide bonds. The van der Waals surface area contributed by atoms with Crippen LogP contribution in [0.3, 0.4) is 0 Å². The van der Waals surface area contributed by atoms with Gasteiger partial charge in [0.1, 0.15) is 11.7 Å². The summed E-state index contributed by atoms with van der Waals surface area (Å²) in [6.07, 6.45) is 6.64. The molecule has 4 bridgehead atoms.